The van der Waals surface area contributed by atoms with Crippen molar-refractivity contribution in [1.82, 2.24) is 19.4 Å². The molecule has 170 valence electrons. The normalized spacial score (nSPS) is 15.6. The molecule has 0 saturated carbocycles. The maximum atomic E-state index is 11.7. The van der Waals surface area contributed by atoms with Gasteiger partial charge in [0.15, 0.2) is 11.2 Å². The van der Waals surface area contributed by atoms with Crippen molar-refractivity contribution >= 4 is 28.3 Å². The topological polar surface area (TPSA) is 71.0 Å². The maximum Gasteiger partial charge on any atom is 0.219 e. The van der Waals surface area contributed by atoms with E-state index in [2.05, 4.69) is 15.8 Å². The van der Waals surface area contributed by atoms with E-state index >= 15 is 0 Å². The number of amides is 1. The first-order valence-electron chi connectivity index (χ1n) is 11.1. The number of carbonyl (C=O) groups excluding carboxylic acids is 1. The summed E-state index contributed by atoms with van der Waals surface area (Å²) >= 11 is 0. The highest BCUT2D eigenvalue weighted by atomic mass is 16.2. The van der Waals surface area contributed by atoms with Gasteiger partial charge < -0.3 is 14.4 Å². The van der Waals surface area contributed by atoms with Crippen molar-refractivity contribution in [3.63, 3.8) is 0 Å². The second-order valence-corrected chi connectivity index (χ2v) is 8.50. The van der Waals surface area contributed by atoms with Crippen LogP contribution in [-0.4, -0.2) is 51.5 Å². The molecule has 33 heavy (non-hydrogen) atoms. The number of hydrogen-bond acceptors (Lipinski definition) is 5. The minimum absolute atomic E-state index is 0.112. The van der Waals surface area contributed by atoms with Gasteiger partial charge in [-0.2, -0.15) is 0 Å². The highest BCUT2D eigenvalue weighted by Gasteiger charge is 2.20. The molecule has 1 aliphatic heterocycles. The van der Waals surface area contributed by atoms with Crippen LogP contribution in [0, 0.1) is 20.4 Å². The molecule has 1 aliphatic rings. The maximum absolute atomic E-state index is 11.7. The zero-order valence-corrected chi connectivity index (χ0v) is 19.8. The molecule has 8 nitrogen and oxygen atoms in total. The summed E-state index contributed by atoms with van der Waals surface area (Å²) in [6.45, 7) is 17.9. The van der Waals surface area contributed by atoms with Crippen molar-refractivity contribution < 1.29 is 4.79 Å². The van der Waals surface area contributed by atoms with Crippen molar-refractivity contribution in [2.75, 3.05) is 31.1 Å². The number of rotatable bonds is 3. The summed E-state index contributed by atoms with van der Waals surface area (Å²) < 4.78 is 2.02. The monoisotopic (exact) mass is 443 g/mol. The molecule has 0 radical (unpaired) electrons. The fourth-order valence-corrected chi connectivity index (χ4v) is 4.34. The van der Waals surface area contributed by atoms with E-state index in [4.69, 9.17) is 21.5 Å². The Kier molecular flexibility index (Phi) is 6.14. The summed E-state index contributed by atoms with van der Waals surface area (Å²) in [5.41, 5.74) is 4.27. The molecule has 1 aromatic carbocycles. The fraction of sp³-hybridized carbons (Fsp3) is 0.400. The predicted molar refractivity (Wildman–Crippen MR) is 129 cm³/mol. The molecule has 3 heterocycles. The lowest BCUT2D eigenvalue weighted by molar-refractivity contribution is -0.129. The molecule has 3 aromatic rings. The van der Waals surface area contributed by atoms with Crippen LogP contribution in [0.5, 0.6) is 0 Å². The molecule has 1 saturated heterocycles. The van der Waals surface area contributed by atoms with Crippen LogP contribution in [0.15, 0.2) is 35.5 Å². The SMILES string of the molecule is [C-]#[N+]c1cccc([C@@H](C)N=c2nc(C)n(C)c3cnc(N4CCN(C(C)=O)CC4)cc23)c1C. The number of aryl methyl sites for hydroxylation is 2. The summed E-state index contributed by atoms with van der Waals surface area (Å²) in [4.78, 5) is 33.9. The number of aromatic nitrogens is 3. The smallest absolute Gasteiger partial charge is 0.219 e. The third-order valence-electron chi connectivity index (χ3n) is 6.51. The first-order valence-corrected chi connectivity index (χ1v) is 11.1. The molecule has 8 heteroatoms. The van der Waals surface area contributed by atoms with Crippen molar-refractivity contribution in [3.8, 4) is 0 Å². The number of anilines is 1. The summed E-state index contributed by atoms with van der Waals surface area (Å²) in [6, 6.07) is 7.68. The van der Waals surface area contributed by atoms with E-state index in [-0.39, 0.29) is 11.9 Å². The van der Waals surface area contributed by atoms with Crippen molar-refractivity contribution in [1.29, 1.82) is 0 Å². The number of carbonyl (C=O) groups is 1. The Balaban J connectivity index is 1.78. The molecule has 0 aliphatic carbocycles. The van der Waals surface area contributed by atoms with Gasteiger partial charge in [0.05, 0.1) is 24.3 Å². The third kappa shape index (κ3) is 4.31. The van der Waals surface area contributed by atoms with Crippen LogP contribution < -0.4 is 10.4 Å². The van der Waals surface area contributed by atoms with Crippen LogP contribution in [0.25, 0.3) is 15.7 Å². The lowest BCUT2D eigenvalue weighted by Gasteiger charge is -2.35. The van der Waals surface area contributed by atoms with Gasteiger partial charge in [0.25, 0.3) is 0 Å². The second kappa shape index (κ2) is 9.02. The lowest BCUT2D eigenvalue weighted by atomic mass is 10.0. The lowest BCUT2D eigenvalue weighted by Crippen LogP contribution is -2.48. The zero-order valence-electron chi connectivity index (χ0n) is 19.8. The summed E-state index contributed by atoms with van der Waals surface area (Å²) in [7, 11) is 1.98. The van der Waals surface area contributed by atoms with E-state index in [9.17, 15) is 4.79 Å². The van der Waals surface area contributed by atoms with Gasteiger partial charge in [0.1, 0.15) is 11.6 Å². The molecule has 2 aromatic heterocycles. The summed E-state index contributed by atoms with van der Waals surface area (Å²) in [6.07, 6.45) is 1.88. The predicted octanol–water partition coefficient (Wildman–Crippen LogP) is 3.47. The van der Waals surface area contributed by atoms with Crippen LogP contribution in [0.1, 0.15) is 36.8 Å². The Bertz CT molecular complexity index is 1330. The van der Waals surface area contributed by atoms with Crippen molar-refractivity contribution in [2.45, 2.75) is 33.7 Å². The fourth-order valence-electron chi connectivity index (χ4n) is 4.34. The average molecular weight is 444 g/mol. The van der Waals surface area contributed by atoms with Gasteiger partial charge in [-0.1, -0.05) is 18.2 Å². The minimum Gasteiger partial charge on any atom is -0.353 e. The van der Waals surface area contributed by atoms with Crippen LogP contribution in [0.3, 0.4) is 0 Å². The third-order valence-corrected chi connectivity index (χ3v) is 6.51. The largest absolute Gasteiger partial charge is 0.353 e. The zero-order chi connectivity index (χ0) is 23.7. The average Bonchev–Trinajstić information content (AvgIpc) is 2.82. The van der Waals surface area contributed by atoms with Crippen molar-refractivity contribution in [2.24, 2.45) is 12.0 Å². The quantitative estimate of drug-likeness (QED) is 0.581. The molecule has 0 spiro atoms. The molecule has 0 N–H and O–H groups in total. The Labute approximate surface area is 194 Å². The van der Waals surface area contributed by atoms with Crippen LogP contribution in [-0.2, 0) is 11.8 Å². The Morgan fingerprint density at radius 3 is 2.61 bits per heavy atom. The number of pyridine rings is 1. The molecular formula is C25H29N7O. The molecule has 1 amide bonds. The first-order chi connectivity index (χ1) is 15.8. The van der Waals surface area contributed by atoms with Gasteiger partial charge in [-0.15, -0.1) is 0 Å². The van der Waals surface area contributed by atoms with Gasteiger partial charge in [-0.3, -0.25) is 9.79 Å². The van der Waals surface area contributed by atoms with Gasteiger partial charge in [-0.25, -0.2) is 14.8 Å². The van der Waals surface area contributed by atoms with Crippen LogP contribution in [0.2, 0.25) is 0 Å². The van der Waals surface area contributed by atoms with E-state index in [1.807, 2.05) is 61.7 Å². The molecule has 1 atom stereocenters. The summed E-state index contributed by atoms with van der Waals surface area (Å²) in [5, 5.41) is 0.938. The van der Waals surface area contributed by atoms with E-state index in [1.54, 1.807) is 6.92 Å². The van der Waals surface area contributed by atoms with Gasteiger partial charge in [-0.05, 0) is 38.0 Å². The molecule has 0 unspecified atom stereocenters. The number of nitrogens with zero attached hydrogens (tertiary/aromatic N) is 7. The number of hydrogen-bond donors (Lipinski definition) is 0. The van der Waals surface area contributed by atoms with E-state index < -0.39 is 0 Å². The second-order valence-electron chi connectivity index (χ2n) is 8.50. The first kappa shape index (κ1) is 22.5. The number of benzene rings is 1. The van der Waals surface area contributed by atoms with E-state index in [0.29, 0.717) is 24.3 Å². The Morgan fingerprint density at radius 2 is 1.94 bits per heavy atom. The highest BCUT2D eigenvalue weighted by molar-refractivity contribution is 5.80. The number of piperazine rings is 1. The molecule has 0 bridgehead atoms. The molecule has 4 rings (SSSR count). The summed E-state index contributed by atoms with van der Waals surface area (Å²) in [5.74, 6) is 1.83. The standard InChI is InChI=1S/C25H29N7O/c1-16-20(8-7-9-22(16)26-5)17(2)28-25-21-14-24(27-15-23(21)30(6)18(3)29-25)32-12-10-31(11-13-32)19(4)33/h7-9,14-15,17H,10-13H2,1-4,6H3/t17-/m1/s1. The van der Waals surface area contributed by atoms with Crippen LogP contribution in [0.4, 0.5) is 11.5 Å². The van der Waals surface area contributed by atoms with E-state index in [1.165, 1.54) is 0 Å². The molecular weight excluding hydrogens is 414 g/mol. The molecule has 1 fully saturated rings. The van der Waals surface area contributed by atoms with Gasteiger partial charge in [0, 0.05) is 45.5 Å². The van der Waals surface area contributed by atoms with Gasteiger partial charge >= 0.3 is 0 Å². The van der Waals surface area contributed by atoms with Crippen molar-refractivity contribution in [3.05, 3.63) is 64.3 Å². The Morgan fingerprint density at radius 1 is 1.21 bits per heavy atom. The highest BCUT2D eigenvalue weighted by Crippen LogP contribution is 2.28. The minimum atomic E-state index is -0.148. The van der Waals surface area contributed by atoms with Gasteiger partial charge in [0.2, 0.25) is 5.91 Å². The number of fused-ring (bicyclic) bond motifs is 1. The Hall–Kier alpha value is -3.73. The van der Waals surface area contributed by atoms with E-state index in [0.717, 1.165) is 46.8 Å². The van der Waals surface area contributed by atoms with Crippen LogP contribution >= 0.6 is 0 Å².